The van der Waals surface area contributed by atoms with Gasteiger partial charge in [-0.15, -0.1) is 0 Å². The van der Waals surface area contributed by atoms with Crippen LogP contribution < -0.4 is 5.32 Å². The van der Waals surface area contributed by atoms with E-state index >= 15 is 0 Å². The topological polar surface area (TPSA) is 55.4 Å². The molecule has 1 aromatic rings. The minimum atomic E-state index is -1.08. The van der Waals surface area contributed by atoms with E-state index in [-0.39, 0.29) is 6.54 Å². The molecule has 4 nitrogen and oxygen atoms in total. The number of methoxy groups -OCH3 is 1. The van der Waals surface area contributed by atoms with E-state index in [0.717, 1.165) is 11.1 Å². The van der Waals surface area contributed by atoms with Crippen molar-refractivity contribution in [2.24, 2.45) is 5.92 Å². The summed E-state index contributed by atoms with van der Waals surface area (Å²) in [6, 6.07) is 7.68. The standard InChI is InChI=1S/C15H18FNO3/c1-10-4-6-12(7-5-10)8-13(15(19)20-3)9-17-14(18)11(2)16/h4-7,13H,2,8-9H2,1,3H3,(H,17,18). The molecule has 0 saturated carbocycles. The van der Waals surface area contributed by atoms with Gasteiger partial charge < -0.3 is 10.1 Å². The predicted molar refractivity (Wildman–Crippen MR) is 73.6 cm³/mol. The molecule has 0 aliphatic heterocycles. The Hall–Kier alpha value is -2.17. The molecule has 1 aromatic carbocycles. The summed E-state index contributed by atoms with van der Waals surface area (Å²) in [7, 11) is 1.28. The normalized spacial score (nSPS) is 11.6. The number of carbonyl (C=O) groups excluding carboxylic acids is 2. The number of hydrogen-bond donors (Lipinski definition) is 1. The molecule has 0 aromatic heterocycles. The first-order valence-corrected chi connectivity index (χ1v) is 6.20. The highest BCUT2D eigenvalue weighted by Gasteiger charge is 2.21. The van der Waals surface area contributed by atoms with Crippen molar-refractivity contribution in [3.05, 3.63) is 47.8 Å². The largest absolute Gasteiger partial charge is 0.469 e. The summed E-state index contributed by atoms with van der Waals surface area (Å²) in [6.45, 7) is 4.87. The summed E-state index contributed by atoms with van der Waals surface area (Å²) < 4.78 is 17.3. The van der Waals surface area contributed by atoms with Gasteiger partial charge in [0.2, 0.25) is 0 Å². The highest BCUT2D eigenvalue weighted by Crippen LogP contribution is 2.11. The number of rotatable bonds is 6. The zero-order chi connectivity index (χ0) is 15.1. The summed E-state index contributed by atoms with van der Waals surface area (Å²) in [4.78, 5) is 22.8. The third-order valence-corrected chi connectivity index (χ3v) is 2.89. The molecule has 0 saturated heterocycles. The van der Waals surface area contributed by atoms with Crippen molar-refractivity contribution in [1.29, 1.82) is 0 Å². The van der Waals surface area contributed by atoms with Crippen LogP contribution >= 0.6 is 0 Å². The van der Waals surface area contributed by atoms with Crippen LogP contribution in [0.3, 0.4) is 0 Å². The van der Waals surface area contributed by atoms with Gasteiger partial charge >= 0.3 is 5.97 Å². The number of ether oxygens (including phenoxy) is 1. The Morgan fingerprint density at radius 1 is 1.35 bits per heavy atom. The van der Waals surface area contributed by atoms with E-state index in [0.29, 0.717) is 6.42 Å². The molecule has 0 spiro atoms. The smallest absolute Gasteiger partial charge is 0.310 e. The fourth-order valence-electron chi connectivity index (χ4n) is 1.73. The number of carbonyl (C=O) groups is 2. The molecule has 0 radical (unpaired) electrons. The van der Waals surface area contributed by atoms with Gasteiger partial charge in [-0.05, 0) is 18.9 Å². The Kier molecular flexibility index (Phi) is 5.90. The van der Waals surface area contributed by atoms with Crippen molar-refractivity contribution in [3.8, 4) is 0 Å². The van der Waals surface area contributed by atoms with Crippen LogP contribution in [0.1, 0.15) is 11.1 Å². The maximum atomic E-state index is 12.6. The average Bonchev–Trinajstić information content (AvgIpc) is 2.44. The molecule has 1 N–H and O–H groups in total. The van der Waals surface area contributed by atoms with Gasteiger partial charge in [-0.3, -0.25) is 9.59 Å². The third-order valence-electron chi connectivity index (χ3n) is 2.89. The van der Waals surface area contributed by atoms with Gasteiger partial charge in [-0.1, -0.05) is 36.4 Å². The monoisotopic (exact) mass is 279 g/mol. The molecule has 1 unspecified atom stereocenters. The van der Waals surface area contributed by atoms with E-state index in [9.17, 15) is 14.0 Å². The second kappa shape index (κ2) is 7.43. The molecule has 0 heterocycles. The zero-order valence-corrected chi connectivity index (χ0v) is 11.6. The summed E-state index contributed by atoms with van der Waals surface area (Å²) in [5, 5.41) is 2.31. The number of nitrogens with one attached hydrogen (secondary N) is 1. The van der Waals surface area contributed by atoms with Crippen molar-refractivity contribution in [1.82, 2.24) is 5.32 Å². The van der Waals surface area contributed by atoms with E-state index in [1.807, 2.05) is 31.2 Å². The first kappa shape index (κ1) is 15.9. The Morgan fingerprint density at radius 3 is 2.45 bits per heavy atom. The van der Waals surface area contributed by atoms with Crippen LogP contribution in [0, 0.1) is 12.8 Å². The Balaban J connectivity index is 2.69. The second-order valence-corrected chi connectivity index (χ2v) is 4.52. The lowest BCUT2D eigenvalue weighted by atomic mass is 9.98. The maximum absolute atomic E-state index is 12.6. The molecule has 1 amide bonds. The minimum Gasteiger partial charge on any atom is -0.469 e. The van der Waals surface area contributed by atoms with Gasteiger partial charge in [0.25, 0.3) is 5.91 Å². The molecule has 1 rings (SSSR count). The number of esters is 1. The SMILES string of the molecule is C=C(F)C(=O)NCC(Cc1ccc(C)cc1)C(=O)OC. The minimum absolute atomic E-state index is 0.00230. The summed E-state index contributed by atoms with van der Waals surface area (Å²) in [5.74, 6) is -3.01. The van der Waals surface area contributed by atoms with Gasteiger partial charge in [-0.25, -0.2) is 4.39 Å². The lowest BCUT2D eigenvalue weighted by molar-refractivity contribution is -0.145. The highest BCUT2D eigenvalue weighted by molar-refractivity contribution is 5.90. The van der Waals surface area contributed by atoms with E-state index in [2.05, 4.69) is 11.9 Å². The number of aryl methyl sites for hydroxylation is 1. The fourth-order valence-corrected chi connectivity index (χ4v) is 1.73. The lowest BCUT2D eigenvalue weighted by Crippen LogP contribution is -2.34. The Bertz CT molecular complexity index is 496. The van der Waals surface area contributed by atoms with E-state index in [1.165, 1.54) is 7.11 Å². The van der Waals surface area contributed by atoms with Gasteiger partial charge in [0.15, 0.2) is 5.83 Å². The van der Waals surface area contributed by atoms with E-state index in [1.54, 1.807) is 0 Å². The quantitative estimate of drug-likeness (QED) is 0.639. The lowest BCUT2D eigenvalue weighted by Gasteiger charge is -2.15. The van der Waals surface area contributed by atoms with Crippen molar-refractivity contribution in [2.75, 3.05) is 13.7 Å². The molecule has 0 bridgehead atoms. The van der Waals surface area contributed by atoms with Gasteiger partial charge in [0.1, 0.15) is 0 Å². The van der Waals surface area contributed by atoms with Crippen LogP contribution in [-0.4, -0.2) is 25.5 Å². The first-order valence-electron chi connectivity index (χ1n) is 6.20. The summed E-state index contributed by atoms with van der Waals surface area (Å²) >= 11 is 0. The van der Waals surface area contributed by atoms with E-state index in [4.69, 9.17) is 4.74 Å². The third kappa shape index (κ3) is 4.84. The van der Waals surface area contributed by atoms with Gasteiger partial charge in [0.05, 0.1) is 13.0 Å². The summed E-state index contributed by atoms with van der Waals surface area (Å²) in [5.41, 5.74) is 2.06. The Morgan fingerprint density at radius 2 is 1.95 bits per heavy atom. The number of amides is 1. The highest BCUT2D eigenvalue weighted by atomic mass is 19.1. The molecular weight excluding hydrogens is 261 g/mol. The van der Waals surface area contributed by atoms with Crippen LogP contribution in [0.25, 0.3) is 0 Å². The van der Waals surface area contributed by atoms with Crippen LogP contribution in [0.4, 0.5) is 4.39 Å². The molecule has 0 fully saturated rings. The fraction of sp³-hybridized carbons (Fsp3) is 0.333. The molecule has 0 aliphatic carbocycles. The van der Waals surface area contributed by atoms with E-state index < -0.39 is 23.6 Å². The molecule has 1 atom stereocenters. The summed E-state index contributed by atoms with van der Waals surface area (Å²) in [6.07, 6.45) is 0.409. The predicted octanol–water partition coefficient (Wildman–Crippen LogP) is 1.93. The van der Waals surface area contributed by atoms with Crippen molar-refractivity contribution in [3.63, 3.8) is 0 Å². The van der Waals surface area contributed by atoms with Crippen LogP contribution in [0.2, 0.25) is 0 Å². The molecule has 0 aliphatic rings. The Labute approximate surface area is 117 Å². The number of benzene rings is 1. The first-order chi connectivity index (χ1) is 9.43. The van der Waals surface area contributed by atoms with Crippen LogP contribution in [0.5, 0.6) is 0 Å². The van der Waals surface area contributed by atoms with Gasteiger partial charge in [0, 0.05) is 6.54 Å². The molecule has 108 valence electrons. The molecular formula is C15H18FNO3. The number of halogens is 1. The second-order valence-electron chi connectivity index (χ2n) is 4.52. The zero-order valence-electron chi connectivity index (χ0n) is 11.6. The average molecular weight is 279 g/mol. The van der Waals surface area contributed by atoms with Crippen molar-refractivity contribution in [2.45, 2.75) is 13.3 Å². The van der Waals surface area contributed by atoms with Crippen LogP contribution in [-0.2, 0) is 20.7 Å². The van der Waals surface area contributed by atoms with Crippen molar-refractivity contribution >= 4 is 11.9 Å². The van der Waals surface area contributed by atoms with Crippen LogP contribution in [0.15, 0.2) is 36.7 Å². The molecule has 20 heavy (non-hydrogen) atoms. The molecule has 5 heteroatoms. The van der Waals surface area contributed by atoms with Crippen molar-refractivity contribution < 1.29 is 18.7 Å². The van der Waals surface area contributed by atoms with Gasteiger partial charge in [-0.2, -0.15) is 0 Å². The maximum Gasteiger partial charge on any atom is 0.310 e. The number of hydrogen-bond acceptors (Lipinski definition) is 3.